The van der Waals surface area contributed by atoms with Gasteiger partial charge in [-0.3, -0.25) is 9.35 Å². The lowest BCUT2D eigenvalue weighted by Crippen LogP contribution is -2.28. The first kappa shape index (κ1) is 16.9. The molecule has 124 valence electrons. The lowest BCUT2D eigenvalue weighted by atomic mass is 10.2. The molecule has 1 aromatic carbocycles. The van der Waals surface area contributed by atoms with Gasteiger partial charge in [0.1, 0.15) is 5.52 Å². The molecule has 2 aromatic rings. The Bertz CT molecular complexity index is 918. The van der Waals surface area contributed by atoms with Crippen LogP contribution in [0.25, 0.3) is 11.0 Å². The fourth-order valence-corrected chi connectivity index (χ4v) is 2.42. The van der Waals surface area contributed by atoms with Crippen LogP contribution in [0.1, 0.15) is 17.8 Å². The highest BCUT2D eigenvalue weighted by atomic mass is 32.2. The maximum absolute atomic E-state index is 12.3. The summed E-state index contributed by atoms with van der Waals surface area (Å²) < 4.78 is 35.5. The van der Waals surface area contributed by atoms with E-state index in [4.69, 9.17) is 9.29 Å². The van der Waals surface area contributed by atoms with E-state index in [1.54, 1.807) is 12.1 Å². The maximum Gasteiger partial charge on any atom is 0.307 e. The number of rotatable bonds is 5. The van der Waals surface area contributed by atoms with E-state index in [0.717, 1.165) is 0 Å². The van der Waals surface area contributed by atoms with Gasteiger partial charge in [-0.05, 0) is 13.0 Å². The standard InChI is InChI=1S/C13H14N2O7S/c1-9-12(8-22-13(16)6-7-23(19,20)21)15(18)11-5-3-2-4-10(11)14(9)17/h2-5H,6-8H2,1H3,(H,19,20,21). The normalized spacial score (nSPS) is 11.6. The van der Waals surface area contributed by atoms with Crippen molar-refractivity contribution in [3.8, 4) is 0 Å². The van der Waals surface area contributed by atoms with Gasteiger partial charge in [-0.2, -0.15) is 8.42 Å². The fourth-order valence-electron chi connectivity index (χ4n) is 1.99. The van der Waals surface area contributed by atoms with Crippen LogP contribution in [0, 0.1) is 17.0 Å². The van der Waals surface area contributed by atoms with Gasteiger partial charge < -0.3 is 14.7 Å². The molecule has 0 aliphatic rings. The number of para-hydroxylation sites is 2. The second-order valence-corrected chi connectivity index (χ2v) is 6.38. The van der Waals surface area contributed by atoms with E-state index in [1.807, 2.05) is 0 Å². The first-order valence-electron chi connectivity index (χ1n) is 6.55. The zero-order valence-electron chi connectivity index (χ0n) is 12.1. The fraction of sp³-hybridized carbons (Fsp3) is 0.308. The molecule has 1 heterocycles. The molecular formula is C13H14N2O7S. The van der Waals surface area contributed by atoms with E-state index in [9.17, 15) is 23.3 Å². The first-order valence-corrected chi connectivity index (χ1v) is 8.15. The van der Waals surface area contributed by atoms with E-state index in [2.05, 4.69) is 0 Å². The van der Waals surface area contributed by atoms with Crippen LogP contribution in [0.2, 0.25) is 0 Å². The molecule has 0 spiro atoms. The molecule has 0 unspecified atom stereocenters. The highest BCUT2D eigenvalue weighted by Crippen LogP contribution is 2.14. The molecule has 1 aromatic heterocycles. The first-order chi connectivity index (χ1) is 10.7. The average Bonchev–Trinajstić information content (AvgIpc) is 2.50. The summed E-state index contributed by atoms with van der Waals surface area (Å²) in [5.41, 5.74) is 0.318. The lowest BCUT2D eigenvalue weighted by molar-refractivity contribution is -0.479. The molecule has 0 amide bonds. The summed E-state index contributed by atoms with van der Waals surface area (Å²) in [6.07, 6.45) is -0.554. The maximum atomic E-state index is 12.3. The molecule has 0 saturated carbocycles. The Balaban J connectivity index is 2.24. The molecule has 0 radical (unpaired) electrons. The van der Waals surface area contributed by atoms with Gasteiger partial charge in [0.25, 0.3) is 21.3 Å². The largest absolute Gasteiger partial charge is 0.805 e. The molecule has 23 heavy (non-hydrogen) atoms. The topological polar surface area (TPSA) is 132 Å². The number of fused-ring (bicyclic) bond motifs is 1. The third kappa shape index (κ3) is 3.85. The Hall–Kier alpha value is -2.46. The molecule has 10 heteroatoms. The molecule has 2 rings (SSSR count). The SMILES string of the molecule is Cc1c(COC(=O)CCS(=O)(=O)O)[n+](=O)c2ccccc2n1[O-]. The Kier molecular flexibility index (Phi) is 4.66. The van der Waals surface area contributed by atoms with E-state index in [0.29, 0.717) is 9.16 Å². The van der Waals surface area contributed by atoms with Gasteiger partial charge in [0.2, 0.25) is 0 Å². The van der Waals surface area contributed by atoms with E-state index >= 15 is 0 Å². The van der Waals surface area contributed by atoms with Crippen molar-refractivity contribution in [3.05, 3.63) is 45.8 Å². The minimum Gasteiger partial charge on any atom is -0.805 e. The lowest BCUT2D eigenvalue weighted by Gasteiger charge is -2.16. The van der Waals surface area contributed by atoms with Gasteiger partial charge in [0.15, 0.2) is 6.61 Å². The van der Waals surface area contributed by atoms with Gasteiger partial charge in [0.05, 0.1) is 22.3 Å². The number of ether oxygens (including phenoxy) is 1. The van der Waals surface area contributed by atoms with Crippen molar-refractivity contribution >= 4 is 27.1 Å². The Morgan fingerprint density at radius 2 is 2.04 bits per heavy atom. The van der Waals surface area contributed by atoms with Crippen molar-refractivity contribution in [2.45, 2.75) is 20.0 Å². The molecule has 0 aliphatic carbocycles. The zero-order valence-corrected chi connectivity index (χ0v) is 12.9. The summed E-state index contributed by atoms with van der Waals surface area (Å²) in [7, 11) is -4.28. The van der Waals surface area contributed by atoms with E-state index in [-0.39, 0.29) is 22.4 Å². The predicted molar refractivity (Wildman–Crippen MR) is 79.6 cm³/mol. The summed E-state index contributed by atoms with van der Waals surface area (Å²) in [5, 5.41) is 12.1. The predicted octanol–water partition coefficient (Wildman–Crippen LogP) is 0.531. The third-order valence-corrected chi connectivity index (χ3v) is 3.94. The number of carbonyl (C=O) groups excluding carboxylic acids is 1. The number of esters is 1. The Labute approximate surface area is 131 Å². The van der Waals surface area contributed by atoms with Gasteiger partial charge in [-0.1, -0.05) is 12.1 Å². The molecule has 0 atom stereocenters. The minimum atomic E-state index is -4.28. The molecule has 9 nitrogen and oxygen atoms in total. The molecular weight excluding hydrogens is 328 g/mol. The number of benzene rings is 1. The Morgan fingerprint density at radius 1 is 1.39 bits per heavy atom. The van der Waals surface area contributed by atoms with Gasteiger partial charge in [0, 0.05) is 11.0 Å². The highest BCUT2D eigenvalue weighted by molar-refractivity contribution is 7.85. The highest BCUT2D eigenvalue weighted by Gasteiger charge is 2.21. The van der Waals surface area contributed by atoms with Crippen molar-refractivity contribution in [2.75, 3.05) is 5.75 Å². The van der Waals surface area contributed by atoms with Gasteiger partial charge >= 0.3 is 5.97 Å². The molecule has 0 fully saturated rings. The summed E-state index contributed by atoms with van der Waals surface area (Å²) >= 11 is 0. The number of hydrogen-bond donors (Lipinski definition) is 1. The number of hydrogen-bond acceptors (Lipinski definition) is 6. The summed E-state index contributed by atoms with van der Waals surface area (Å²) in [4.78, 5) is 23.7. The minimum absolute atomic E-state index is 0.0566. The zero-order chi connectivity index (χ0) is 17.2. The van der Waals surface area contributed by atoms with Crippen LogP contribution in [-0.2, 0) is 26.3 Å². The Morgan fingerprint density at radius 3 is 2.70 bits per heavy atom. The van der Waals surface area contributed by atoms with Crippen LogP contribution in [0.15, 0.2) is 24.3 Å². The van der Waals surface area contributed by atoms with E-state index in [1.165, 1.54) is 19.1 Å². The second-order valence-electron chi connectivity index (χ2n) is 4.81. The second kappa shape index (κ2) is 6.34. The summed E-state index contributed by atoms with van der Waals surface area (Å²) in [6.45, 7) is 0.932. The van der Waals surface area contributed by atoms with Crippen LogP contribution in [0.5, 0.6) is 0 Å². The van der Waals surface area contributed by atoms with Crippen LogP contribution < -0.4 is 4.43 Å². The average molecular weight is 342 g/mol. The summed E-state index contributed by atoms with van der Waals surface area (Å²) in [6, 6.07) is 6.16. The van der Waals surface area contributed by atoms with Crippen molar-refractivity contribution in [1.29, 1.82) is 0 Å². The number of aromatic nitrogens is 2. The van der Waals surface area contributed by atoms with Crippen LogP contribution in [0.3, 0.4) is 0 Å². The monoisotopic (exact) mass is 342 g/mol. The quantitative estimate of drug-likeness (QED) is 0.476. The molecule has 0 saturated heterocycles. The molecule has 1 N–H and O–H groups in total. The summed E-state index contributed by atoms with van der Waals surface area (Å²) in [5.74, 6) is -1.69. The van der Waals surface area contributed by atoms with Crippen molar-refractivity contribution < 1.29 is 26.9 Å². The number of nitrogens with zero attached hydrogens (tertiary/aromatic N) is 2. The van der Waals surface area contributed by atoms with Gasteiger partial charge in [-0.25, -0.2) is 0 Å². The smallest absolute Gasteiger partial charge is 0.307 e. The van der Waals surface area contributed by atoms with Crippen LogP contribution in [0.4, 0.5) is 0 Å². The van der Waals surface area contributed by atoms with Crippen LogP contribution in [-0.4, -0.2) is 29.4 Å². The molecule has 0 aliphatic heterocycles. The van der Waals surface area contributed by atoms with Crippen molar-refractivity contribution in [1.82, 2.24) is 4.73 Å². The number of carbonyl (C=O) groups is 1. The molecule has 0 bridgehead atoms. The van der Waals surface area contributed by atoms with Crippen molar-refractivity contribution in [3.63, 3.8) is 0 Å². The van der Waals surface area contributed by atoms with E-state index < -0.39 is 34.9 Å². The van der Waals surface area contributed by atoms with Crippen LogP contribution >= 0.6 is 0 Å². The van der Waals surface area contributed by atoms with Gasteiger partial charge in [-0.15, -0.1) is 0 Å². The van der Waals surface area contributed by atoms with Crippen molar-refractivity contribution in [2.24, 2.45) is 0 Å². The third-order valence-electron chi connectivity index (χ3n) is 3.22.